The number of amides is 1. The van der Waals surface area contributed by atoms with Crippen molar-refractivity contribution in [2.24, 2.45) is 11.3 Å². The van der Waals surface area contributed by atoms with Crippen LogP contribution in [-0.2, 0) is 22.5 Å². The summed E-state index contributed by atoms with van der Waals surface area (Å²) in [6.45, 7) is 11.2. The molecular weight excluding hydrogens is 370 g/mol. The van der Waals surface area contributed by atoms with Crippen molar-refractivity contribution in [3.63, 3.8) is 0 Å². The largest absolute Gasteiger partial charge is 0.423 e. The summed E-state index contributed by atoms with van der Waals surface area (Å²) in [7, 11) is 0. The van der Waals surface area contributed by atoms with Crippen molar-refractivity contribution in [3.8, 4) is 0 Å². The van der Waals surface area contributed by atoms with Crippen molar-refractivity contribution >= 4 is 5.91 Å². The average molecular weight is 406 g/mol. The Balaban J connectivity index is 1.45. The summed E-state index contributed by atoms with van der Waals surface area (Å²) in [5.41, 5.74) is -0.301. The Morgan fingerprint density at radius 2 is 1.97 bits per heavy atom. The summed E-state index contributed by atoms with van der Waals surface area (Å²) in [6.07, 6.45) is 4.96. The highest BCUT2D eigenvalue weighted by Gasteiger charge is 2.52. The number of hydrogen-bond acceptors (Lipinski definition) is 7. The van der Waals surface area contributed by atoms with E-state index in [1.54, 1.807) is 0 Å². The van der Waals surface area contributed by atoms with Crippen LogP contribution in [0.25, 0.3) is 0 Å². The molecule has 1 aromatic rings. The number of aromatic nitrogens is 2. The van der Waals surface area contributed by atoms with Crippen LogP contribution in [-0.4, -0.2) is 77.9 Å². The van der Waals surface area contributed by atoms with Gasteiger partial charge in [0.2, 0.25) is 17.7 Å². The second-order valence-corrected chi connectivity index (χ2v) is 8.71. The zero-order chi connectivity index (χ0) is 20.3. The lowest BCUT2D eigenvalue weighted by molar-refractivity contribution is -0.145. The van der Waals surface area contributed by atoms with Gasteiger partial charge in [0.15, 0.2) is 0 Å². The molecule has 2 saturated heterocycles. The molecular formula is C21H35N5O3. The smallest absolute Gasteiger partial charge is 0.235 e. The van der Waals surface area contributed by atoms with E-state index in [2.05, 4.69) is 32.2 Å². The topological polar surface area (TPSA) is 83.7 Å². The summed E-state index contributed by atoms with van der Waals surface area (Å²) >= 11 is 0. The van der Waals surface area contributed by atoms with E-state index in [1.807, 2.05) is 6.92 Å². The maximum atomic E-state index is 13.5. The fraction of sp³-hybridized carbons (Fsp3) is 0.857. The molecule has 8 nitrogen and oxygen atoms in total. The predicted octanol–water partition coefficient (Wildman–Crippen LogP) is 1.46. The fourth-order valence-corrected chi connectivity index (χ4v) is 5.47. The molecule has 162 valence electrons. The van der Waals surface area contributed by atoms with Crippen molar-refractivity contribution in [3.05, 3.63) is 11.8 Å². The van der Waals surface area contributed by atoms with Crippen LogP contribution in [0.1, 0.15) is 51.3 Å². The maximum absolute atomic E-state index is 13.5. The van der Waals surface area contributed by atoms with E-state index in [4.69, 9.17) is 9.15 Å². The lowest BCUT2D eigenvalue weighted by atomic mass is 9.61. The first-order valence-corrected chi connectivity index (χ1v) is 11.3. The summed E-state index contributed by atoms with van der Waals surface area (Å²) in [4.78, 5) is 18.5. The fourth-order valence-electron chi connectivity index (χ4n) is 5.47. The van der Waals surface area contributed by atoms with Gasteiger partial charge in [-0.25, -0.2) is 0 Å². The van der Waals surface area contributed by atoms with E-state index in [1.165, 1.54) is 0 Å². The Labute approximate surface area is 173 Å². The Morgan fingerprint density at radius 1 is 1.17 bits per heavy atom. The highest BCUT2D eigenvalue weighted by Crippen LogP contribution is 2.47. The molecule has 3 heterocycles. The summed E-state index contributed by atoms with van der Waals surface area (Å²) < 4.78 is 11.1. The molecule has 3 atom stereocenters. The van der Waals surface area contributed by atoms with Crippen LogP contribution in [0.4, 0.5) is 0 Å². The molecule has 4 rings (SSSR count). The number of piperidine rings is 1. The minimum Gasteiger partial charge on any atom is -0.423 e. The van der Waals surface area contributed by atoms with Crippen molar-refractivity contribution < 1.29 is 13.9 Å². The number of likely N-dealkylation sites (tertiary alicyclic amines) is 1. The Morgan fingerprint density at radius 3 is 2.69 bits per heavy atom. The van der Waals surface area contributed by atoms with Gasteiger partial charge in [0.1, 0.15) is 0 Å². The monoisotopic (exact) mass is 405 g/mol. The molecule has 1 N–H and O–H groups in total. The molecule has 3 fully saturated rings. The number of nitrogens with one attached hydrogen (secondary N) is 1. The van der Waals surface area contributed by atoms with Gasteiger partial charge in [-0.05, 0) is 44.7 Å². The third kappa shape index (κ3) is 4.34. The van der Waals surface area contributed by atoms with Crippen molar-refractivity contribution in [2.75, 3.05) is 45.9 Å². The molecule has 3 aliphatic rings. The minimum atomic E-state index is -0.301. The summed E-state index contributed by atoms with van der Waals surface area (Å²) in [6, 6.07) is 0.584. The lowest BCUT2D eigenvalue weighted by Crippen LogP contribution is -2.60. The second kappa shape index (κ2) is 9.10. The highest BCUT2D eigenvalue weighted by molar-refractivity contribution is 5.83. The van der Waals surface area contributed by atoms with Crippen LogP contribution >= 0.6 is 0 Å². The number of rotatable bonds is 6. The van der Waals surface area contributed by atoms with E-state index in [0.717, 1.165) is 71.6 Å². The van der Waals surface area contributed by atoms with Gasteiger partial charge in [0.05, 0.1) is 25.2 Å². The molecule has 1 aliphatic carbocycles. The van der Waals surface area contributed by atoms with Crippen LogP contribution in [0.15, 0.2) is 4.42 Å². The number of fused-ring (bicyclic) bond motifs is 1. The van der Waals surface area contributed by atoms with Gasteiger partial charge in [0.25, 0.3) is 0 Å². The molecule has 0 radical (unpaired) electrons. The highest BCUT2D eigenvalue weighted by atomic mass is 16.5. The molecule has 2 aliphatic heterocycles. The quantitative estimate of drug-likeness (QED) is 0.767. The number of carbonyl (C=O) groups is 1. The van der Waals surface area contributed by atoms with Gasteiger partial charge in [0, 0.05) is 32.1 Å². The summed E-state index contributed by atoms with van der Waals surface area (Å²) in [5.74, 6) is 1.71. The van der Waals surface area contributed by atoms with Crippen molar-refractivity contribution in [1.82, 2.24) is 25.3 Å². The molecule has 0 unspecified atom stereocenters. The van der Waals surface area contributed by atoms with Gasteiger partial charge < -0.3 is 19.4 Å². The number of morpholine rings is 1. The molecule has 0 bridgehead atoms. The van der Waals surface area contributed by atoms with E-state index in [9.17, 15) is 4.79 Å². The van der Waals surface area contributed by atoms with Crippen molar-refractivity contribution in [1.29, 1.82) is 0 Å². The lowest BCUT2D eigenvalue weighted by Gasteiger charge is -2.53. The Hall–Kier alpha value is -1.51. The number of carbonyl (C=O) groups excluding carboxylic acids is 1. The van der Waals surface area contributed by atoms with Gasteiger partial charge >= 0.3 is 0 Å². The molecule has 8 heteroatoms. The molecule has 1 aromatic heterocycles. The van der Waals surface area contributed by atoms with Gasteiger partial charge in [-0.2, -0.15) is 0 Å². The summed E-state index contributed by atoms with van der Waals surface area (Å²) in [5, 5.41) is 11.2. The first-order valence-electron chi connectivity index (χ1n) is 11.3. The molecule has 0 spiro atoms. The molecule has 1 amide bonds. The molecule has 1 saturated carbocycles. The predicted molar refractivity (Wildman–Crippen MR) is 108 cm³/mol. The van der Waals surface area contributed by atoms with E-state index in [-0.39, 0.29) is 11.3 Å². The SMILES string of the molecule is CCc1nnc(CNC(=O)[C@@]23CC[C@H](N4CCOCC4)C[C@H]2CCN(CC)C3)o1. The first-order chi connectivity index (χ1) is 14.1. The van der Waals surface area contributed by atoms with Crippen LogP contribution < -0.4 is 5.32 Å². The number of ether oxygens (including phenoxy) is 1. The zero-order valence-electron chi connectivity index (χ0n) is 17.9. The normalized spacial score (nSPS) is 31.4. The molecule has 29 heavy (non-hydrogen) atoms. The third-order valence-electron chi connectivity index (χ3n) is 7.23. The van der Waals surface area contributed by atoms with Crippen LogP contribution in [0.2, 0.25) is 0 Å². The van der Waals surface area contributed by atoms with E-state index >= 15 is 0 Å². The standard InChI is InChI=1S/C21H35N5O3/c1-3-18-23-24-19(29-18)14-22-20(27)21-7-5-17(26-9-11-28-12-10-26)13-16(21)6-8-25(4-2)15-21/h16-17H,3-15H2,1-2H3,(H,22,27)/t16-,17+,21-/m1/s1. The zero-order valence-corrected chi connectivity index (χ0v) is 17.9. The van der Waals surface area contributed by atoms with Gasteiger partial charge in [-0.3, -0.25) is 9.69 Å². The van der Waals surface area contributed by atoms with Crippen molar-refractivity contribution in [2.45, 2.75) is 58.5 Å². The number of aryl methyl sites for hydroxylation is 1. The minimum absolute atomic E-state index is 0.164. The third-order valence-corrected chi connectivity index (χ3v) is 7.23. The average Bonchev–Trinajstić information content (AvgIpc) is 3.25. The molecule has 0 aromatic carbocycles. The van der Waals surface area contributed by atoms with E-state index < -0.39 is 0 Å². The maximum Gasteiger partial charge on any atom is 0.235 e. The number of hydrogen-bond donors (Lipinski definition) is 1. The Kier molecular flexibility index (Phi) is 6.51. The van der Waals surface area contributed by atoms with Gasteiger partial charge in [-0.15, -0.1) is 10.2 Å². The van der Waals surface area contributed by atoms with Crippen LogP contribution in [0, 0.1) is 11.3 Å². The van der Waals surface area contributed by atoms with E-state index in [0.29, 0.717) is 36.7 Å². The van der Waals surface area contributed by atoms with Crippen LogP contribution in [0.3, 0.4) is 0 Å². The van der Waals surface area contributed by atoms with Gasteiger partial charge in [-0.1, -0.05) is 13.8 Å². The number of nitrogens with zero attached hydrogens (tertiary/aromatic N) is 4. The Bertz CT molecular complexity index is 690. The second-order valence-electron chi connectivity index (χ2n) is 8.71. The first kappa shape index (κ1) is 20.8. The van der Waals surface area contributed by atoms with Crippen LogP contribution in [0.5, 0.6) is 0 Å².